The predicted octanol–water partition coefficient (Wildman–Crippen LogP) is 6.22. The van der Waals surface area contributed by atoms with E-state index in [-0.39, 0.29) is 24.5 Å². The van der Waals surface area contributed by atoms with Crippen LogP contribution in [-0.2, 0) is 9.53 Å². The smallest absolute Gasteiger partial charge is 0.407 e. The fraction of sp³-hybridized carbons (Fsp3) is 0.500. The van der Waals surface area contributed by atoms with Crippen molar-refractivity contribution < 1.29 is 19.4 Å². The Kier molecular flexibility index (Phi) is 6.51. The Morgan fingerprint density at radius 1 is 1.03 bits per heavy atom. The monoisotopic (exact) mass is 449 g/mol. The van der Waals surface area contributed by atoms with Crippen LogP contribution in [0.5, 0.6) is 0 Å². The van der Waals surface area contributed by atoms with Gasteiger partial charge in [-0.3, -0.25) is 4.79 Å². The molecule has 1 amide bonds. The average Bonchev–Trinajstić information content (AvgIpc) is 3.15. The first-order valence-electron chi connectivity index (χ1n) is 12.1. The molecule has 5 nitrogen and oxygen atoms in total. The molecule has 176 valence electrons. The van der Waals surface area contributed by atoms with Gasteiger partial charge in [-0.25, -0.2) is 4.79 Å². The first-order chi connectivity index (χ1) is 15.8. The first kappa shape index (κ1) is 23.3. The van der Waals surface area contributed by atoms with E-state index in [2.05, 4.69) is 50.4 Å². The predicted molar refractivity (Wildman–Crippen MR) is 129 cm³/mol. The van der Waals surface area contributed by atoms with Crippen LogP contribution in [0.15, 0.2) is 48.5 Å². The summed E-state index contributed by atoms with van der Waals surface area (Å²) in [5, 5.41) is 12.7. The first-order valence-corrected chi connectivity index (χ1v) is 12.1. The third kappa shape index (κ3) is 4.50. The minimum absolute atomic E-state index is 0.0108. The number of hydrogen-bond donors (Lipinski definition) is 2. The third-order valence-electron chi connectivity index (χ3n) is 8.33. The van der Waals surface area contributed by atoms with Crippen LogP contribution in [0.2, 0.25) is 0 Å². The van der Waals surface area contributed by atoms with E-state index in [1.807, 2.05) is 24.3 Å². The Bertz CT molecular complexity index is 975. The fourth-order valence-corrected chi connectivity index (χ4v) is 5.60. The molecule has 2 aliphatic carbocycles. The van der Waals surface area contributed by atoms with Gasteiger partial charge in [0.15, 0.2) is 0 Å². The summed E-state index contributed by atoms with van der Waals surface area (Å²) < 4.78 is 5.61. The molecule has 1 fully saturated rings. The SMILES string of the molecule is CCC(C)(C)C1CCC(CNC(=O)OCC2c3ccccc3-c3ccccc32)(C(=O)O)CC1. The van der Waals surface area contributed by atoms with Gasteiger partial charge in [0.1, 0.15) is 6.61 Å². The number of alkyl carbamates (subject to hydrolysis) is 1. The van der Waals surface area contributed by atoms with Crippen LogP contribution in [0.3, 0.4) is 0 Å². The number of ether oxygens (including phenoxy) is 1. The van der Waals surface area contributed by atoms with Crippen molar-refractivity contribution in [2.45, 2.75) is 58.8 Å². The fourth-order valence-electron chi connectivity index (χ4n) is 5.60. The van der Waals surface area contributed by atoms with E-state index in [9.17, 15) is 14.7 Å². The Labute approximate surface area is 196 Å². The summed E-state index contributed by atoms with van der Waals surface area (Å²) in [4.78, 5) is 24.7. The summed E-state index contributed by atoms with van der Waals surface area (Å²) in [6.07, 6.45) is 3.45. The largest absolute Gasteiger partial charge is 0.481 e. The number of carbonyl (C=O) groups is 2. The maximum absolute atomic E-state index is 12.6. The van der Waals surface area contributed by atoms with Gasteiger partial charge in [0, 0.05) is 12.5 Å². The van der Waals surface area contributed by atoms with Crippen molar-refractivity contribution in [2.24, 2.45) is 16.7 Å². The standard InChI is InChI=1S/C28H35NO4/c1-4-27(2,3)19-13-15-28(16-14-19,25(30)31)18-29-26(32)33-17-24-22-11-7-5-9-20(22)21-10-6-8-12-23(21)24/h5-12,19,24H,4,13-18H2,1-3H3,(H,29,32)(H,30,31). The number of rotatable bonds is 7. The van der Waals surface area contributed by atoms with Crippen LogP contribution in [0, 0.1) is 16.7 Å². The Morgan fingerprint density at radius 2 is 1.58 bits per heavy atom. The molecule has 4 rings (SSSR count). The molecule has 0 bridgehead atoms. The van der Waals surface area contributed by atoms with Gasteiger partial charge in [-0.05, 0) is 59.3 Å². The second kappa shape index (κ2) is 9.20. The molecular weight excluding hydrogens is 414 g/mol. The van der Waals surface area contributed by atoms with E-state index >= 15 is 0 Å². The number of carbonyl (C=O) groups excluding carboxylic acids is 1. The number of nitrogens with one attached hydrogen (secondary N) is 1. The molecule has 5 heteroatoms. The van der Waals surface area contributed by atoms with Crippen molar-refractivity contribution in [1.82, 2.24) is 5.32 Å². The van der Waals surface area contributed by atoms with Crippen molar-refractivity contribution in [3.05, 3.63) is 59.7 Å². The minimum atomic E-state index is -0.911. The van der Waals surface area contributed by atoms with Gasteiger partial charge in [-0.15, -0.1) is 0 Å². The van der Waals surface area contributed by atoms with E-state index in [1.165, 1.54) is 11.1 Å². The lowest BCUT2D eigenvalue weighted by Gasteiger charge is -2.43. The molecule has 1 saturated carbocycles. The Hall–Kier alpha value is -2.82. The second-order valence-corrected chi connectivity index (χ2v) is 10.4. The highest BCUT2D eigenvalue weighted by Gasteiger charge is 2.45. The second-order valence-electron chi connectivity index (χ2n) is 10.4. The van der Waals surface area contributed by atoms with Crippen LogP contribution >= 0.6 is 0 Å². The van der Waals surface area contributed by atoms with Crippen molar-refractivity contribution in [1.29, 1.82) is 0 Å². The van der Waals surface area contributed by atoms with Gasteiger partial charge in [-0.2, -0.15) is 0 Å². The maximum Gasteiger partial charge on any atom is 0.407 e. The van der Waals surface area contributed by atoms with Crippen molar-refractivity contribution >= 4 is 12.1 Å². The van der Waals surface area contributed by atoms with Gasteiger partial charge in [0.2, 0.25) is 0 Å². The lowest BCUT2D eigenvalue weighted by Crippen LogP contribution is -2.46. The number of carboxylic acids is 1. The maximum atomic E-state index is 12.6. The molecule has 0 aromatic heterocycles. The lowest BCUT2D eigenvalue weighted by atomic mass is 9.62. The summed E-state index contributed by atoms with van der Waals surface area (Å²) in [5.41, 5.74) is 3.98. The summed E-state index contributed by atoms with van der Waals surface area (Å²) in [6, 6.07) is 16.4. The molecule has 0 unspecified atom stereocenters. The molecule has 2 aromatic rings. The van der Waals surface area contributed by atoms with Crippen LogP contribution in [0.4, 0.5) is 4.79 Å². The summed E-state index contributed by atoms with van der Waals surface area (Å²) in [5.74, 6) is -0.318. The van der Waals surface area contributed by atoms with Crippen LogP contribution < -0.4 is 5.32 Å². The third-order valence-corrected chi connectivity index (χ3v) is 8.33. The number of carboxylic acid groups (broad SMARTS) is 1. The summed E-state index contributed by atoms with van der Waals surface area (Å²) >= 11 is 0. The molecule has 0 saturated heterocycles. The number of amides is 1. The molecular formula is C28H35NO4. The zero-order valence-corrected chi connectivity index (χ0v) is 19.9. The van der Waals surface area contributed by atoms with Gasteiger partial charge >= 0.3 is 12.1 Å². The molecule has 0 aliphatic heterocycles. The van der Waals surface area contributed by atoms with Gasteiger partial charge < -0.3 is 15.2 Å². The van der Waals surface area contributed by atoms with E-state index in [4.69, 9.17) is 4.74 Å². The number of aliphatic carboxylic acids is 1. The van der Waals surface area contributed by atoms with Crippen molar-refractivity contribution in [2.75, 3.05) is 13.2 Å². The van der Waals surface area contributed by atoms with E-state index in [0.29, 0.717) is 18.8 Å². The molecule has 0 spiro atoms. The average molecular weight is 450 g/mol. The van der Waals surface area contributed by atoms with E-state index in [1.54, 1.807) is 0 Å². The quantitative estimate of drug-likeness (QED) is 0.526. The zero-order chi connectivity index (χ0) is 23.6. The molecule has 2 N–H and O–H groups in total. The van der Waals surface area contributed by atoms with Crippen molar-refractivity contribution in [3.63, 3.8) is 0 Å². The van der Waals surface area contributed by atoms with E-state index in [0.717, 1.165) is 30.4 Å². The highest BCUT2D eigenvalue weighted by molar-refractivity contribution is 5.79. The number of benzene rings is 2. The van der Waals surface area contributed by atoms with Crippen LogP contribution in [0.1, 0.15) is 69.9 Å². The highest BCUT2D eigenvalue weighted by Crippen LogP contribution is 2.47. The number of hydrogen-bond acceptors (Lipinski definition) is 3. The molecule has 33 heavy (non-hydrogen) atoms. The van der Waals surface area contributed by atoms with E-state index < -0.39 is 17.5 Å². The Morgan fingerprint density at radius 3 is 2.09 bits per heavy atom. The summed E-state index contributed by atoms with van der Waals surface area (Å²) in [6.45, 7) is 7.06. The van der Waals surface area contributed by atoms with Crippen LogP contribution in [-0.4, -0.2) is 30.3 Å². The topological polar surface area (TPSA) is 75.6 Å². The van der Waals surface area contributed by atoms with Gasteiger partial charge in [0.25, 0.3) is 0 Å². The van der Waals surface area contributed by atoms with Gasteiger partial charge in [-0.1, -0.05) is 75.7 Å². The number of fused-ring (bicyclic) bond motifs is 3. The normalized spacial score (nSPS) is 22.3. The summed E-state index contributed by atoms with van der Waals surface area (Å²) in [7, 11) is 0. The molecule has 2 aromatic carbocycles. The highest BCUT2D eigenvalue weighted by atomic mass is 16.5. The van der Waals surface area contributed by atoms with Gasteiger partial charge in [0.05, 0.1) is 5.41 Å². The minimum Gasteiger partial charge on any atom is -0.481 e. The molecule has 2 aliphatic rings. The molecule has 0 radical (unpaired) electrons. The van der Waals surface area contributed by atoms with Crippen molar-refractivity contribution in [3.8, 4) is 11.1 Å². The Balaban J connectivity index is 1.36. The zero-order valence-electron chi connectivity index (χ0n) is 19.9. The lowest BCUT2D eigenvalue weighted by molar-refractivity contribution is -0.152. The van der Waals surface area contributed by atoms with Crippen LogP contribution in [0.25, 0.3) is 11.1 Å². The molecule has 0 atom stereocenters. The molecule has 0 heterocycles.